The van der Waals surface area contributed by atoms with Gasteiger partial charge in [0.25, 0.3) is 5.24 Å². The molecule has 0 aromatic heterocycles. The molecule has 1 atom stereocenters. The summed E-state index contributed by atoms with van der Waals surface area (Å²) in [5.41, 5.74) is 0.468. The number of nitrogens with zero attached hydrogens (tertiary/aromatic N) is 1. The Balaban J connectivity index is 3.02. The van der Waals surface area contributed by atoms with Gasteiger partial charge in [-0.1, -0.05) is 31.2 Å². The molecular formula is C12H14BNO2S. The van der Waals surface area contributed by atoms with E-state index in [9.17, 15) is 9.59 Å². The summed E-state index contributed by atoms with van der Waals surface area (Å²) >= 11 is 1.02. The third-order valence-electron chi connectivity index (χ3n) is 2.19. The summed E-state index contributed by atoms with van der Waals surface area (Å²) in [6, 6.07) is 0. The fourth-order valence-corrected chi connectivity index (χ4v) is 1.87. The van der Waals surface area contributed by atoms with Gasteiger partial charge in [0, 0.05) is 24.6 Å². The standard InChI is InChI=1S/C12H14BNO2S/c1-12(13)6-4-9(8-15)10(5-7-12)17-11(16)14(2)3/h4-8H,1-3H3. The molecule has 5 heteroatoms. The molecule has 0 saturated heterocycles. The molecule has 17 heavy (non-hydrogen) atoms. The van der Waals surface area contributed by atoms with E-state index in [1.807, 2.05) is 6.92 Å². The molecule has 1 aliphatic rings. The van der Waals surface area contributed by atoms with E-state index in [2.05, 4.69) is 0 Å². The van der Waals surface area contributed by atoms with E-state index in [1.165, 1.54) is 4.90 Å². The number of hydrogen-bond acceptors (Lipinski definition) is 3. The number of allylic oxidation sites excluding steroid dienone is 5. The fourth-order valence-electron chi connectivity index (χ4n) is 1.13. The maximum absolute atomic E-state index is 11.6. The Morgan fingerprint density at radius 1 is 1.41 bits per heavy atom. The number of amides is 1. The molecule has 0 aromatic rings. The highest BCUT2D eigenvalue weighted by Gasteiger charge is 2.16. The molecule has 0 heterocycles. The van der Waals surface area contributed by atoms with Crippen LogP contribution < -0.4 is 0 Å². The Morgan fingerprint density at radius 2 is 2.00 bits per heavy atom. The molecule has 0 fully saturated rings. The molecule has 0 N–H and O–H groups in total. The SMILES string of the molecule is [B]C1(C)C=CC(C=O)=C(SC(=O)N(C)C)C=C1. The van der Waals surface area contributed by atoms with Crippen LogP contribution in [0.2, 0.25) is 5.31 Å². The van der Waals surface area contributed by atoms with Gasteiger partial charge >= 0.3 is 0 Å². The van der Waals surface area contributed by atoms with E-state index in [-0.39, 0.29) is 5.24 Å². The summed E-state index contributed by atoms with van der Waals surface area (Å²) in [5, 5.41) is -0.726. The predicted octanol–water partition coefficient (Wildman–Crippen LogP) is 2.33. The van der Waals surface area contributed by atoms with E-state index in [4.69, 9.17) is 7.85 Å². The van der Waals surface area contributed by atoms with Crippen molar-refractivity contribution in [2.75, 3.05) is 14.1 Å². The maximum Gasteiger partial charge on any atom is 0.285 e. The first-order chi connectivity index (χ1) is 7.85. The van der Waals surface area contributed by atoms with Gasteiger partial charge in [-0.25, -0.2) is 0 Å². The largest absolute Gasteiger partial charge is 0.339 e. The van der Waals surface area contributed by atoms with E-state index in [1.54, 1.807) is 38.4 Å². The van der Waals surface area contributed by atoms with Crippen LogP contribution in [0.25, 0.3) is 0 Å². The Hall–Kier alpha value is -1.23. The Kier molecular flexibility index (Phi) is 4.40. The van der Waals surface area contributed by atoms with Gasteiger partial charge in [-0.3, -0.25) is 9.59 Å². The van der Waals surface area contributed by atoms with Gasteiger partial charge in [0.05, 0.1) is 7.85 Å². The third-order valence-corrected chi connectivity index (χ3v) is 3.32. The minimum atomic E-state index is -0.599. The maximum atomic E-state index is 11.6. The van der Waals surface area contributed by atoms with Gasteiger partial charge in [0.1, 0.15) is 0 Å². The number of rotatable bonds is 2. The molecule has 2 radical (unpaired) electrons. The first-order valence-electron chi connectivity index (χ1n) is 5.11. The van der Waals surface area contributed by atoms with Crippen LogP contribution in [-0.4, -0.2) is 38.4 Å². The molecule has 1 aliphatic carbocycles. The Labute approximate surface area is 107 Å². The van der Waals surface area contributed by atoms with Crippen LogP contribution in [0.5, 0.6) is 0 Å². The minimum Gasteiger partial charge on any atom is -0.339 e. The number of thioether (sulfide) groups is 1. The van der Waals surface area contributed by atoms with Crippen LogP contribution in [0.1, 0.15) is 6.92 Å². The minimum absolute atomic E-state index is 0.127. The van der Waals surface area contributed by atoms with Crippen molar-refractivity contribution < 1.29 is 9.59 Å². The van der Waals surface area contributed by atoms with E-state index in [0.29, 0.717) is 10.5 Å². The van der Waals surface area contributed by atoms with Gasteiger partial charge < -0.3 is 4.90 Å². The van der Waals surface area contributed by atoms with E-state index >= 15 is 0 Å². The van der Waals surface area contributed by atoms with E-state index < -0.39 is 5.31 Å². The second-order valence-corrected chi connectivity index (χ2v) is 5.23. The highest BCUT2D eigenvalue weighted by Crippen LogP contribution is 2.33. The second kappa shape index (κ2) is 5.40. The highest BCUT2D eigenvalue weighted by atomic mass is 32.2. The average Bonchev–Trinajstić information content (AvgIpc) is 2.38. The molecule has 0 aliphatic heterocycles. The summed E-state index contributed by atoms with van der Waals surface area (Å²) in [7, 11) is 9.26. The van der Waals surface area contributed by atoms with Crippen molar-refractivity contribution in [1.29, 1.82) is 0 Å². The summed E-state index contributed by atoms with van der Waals surface area (Å²) in [5.74, 6) is 0. The average molecular weight is 247 g/mol. The Morgan fingerprint density at radius 3 is 2.53 bits per heavy atom. The van der Waals surface area contributed by atoms with Crippen molar-refractivity contribution in [1.82, 2.24) is 4.90 Å². The van der Waals surface area contributed by atoms with Gasteiger partial charge in [0.15, 0.2) is 6.29 Å². The van der Waals surface area contributed by atoms with Gasteiger partial charge in [-0.2, -0.15) is 0 Å². The lowest BCUT2D eigenvalue weighted by Crippen LogP contribution is -2.16. The molecule has 88 valence electrons. The molecule has 0 spiro atoms. The van der Waals surface area contributed by atoms with Crippen LogP contribution >= 0.6 is 11.8 Å². The predicted molar refractivity (Wildman–Crippen MR) is 72.2 cm³/mol. The first kappa shape index (κ1) is 13.8. The van der Waals surface area contributed by atoms with Crippen LogP contribution in [0.3, 0.4) is 0 Å². The number of carbonyl (C=O) groups is 2. The summed E-state index contributed by atoms with van der Waals surface area (Å²) in [4.78, 5) is 24.6. The topological polar surface area (TPSA) is 37.4 Å². The number of hydrogen-bond donors (Lipinski definition) is 0. The number of aldehydes is 1. The van der Waals surface area contributed by atoms with E-state index in [0.717, 1.165) is 18.0 Å². The molecule has 1 unspecified atom stereocenters. The van der Waals surface area contributed by atoms with Crippen molar-refractivity contribution >= 4 is 31.1 Å². The summed E-state index contributed by atoms with van der Waals surface area (Å²) in [6.07, 6.45) is 7.60. The monoisotopic (exact) mass is 247 g/mol. The van der Waals surface area contributed by atoms with Crippen LogP contribution in [0, 0.1) is 0 Å². The lowest BCUT2D eigenvalue weighted by atomic mass is 9.70. The van der Waals surface area contributed by atoms with Crippen LogP contribution in [0.4, 0.5) is 4.79 Å². The Bertz CT molecular complexity index is 422. The quantitative estimate of drug-likeness (QED) is 0.555. The fraction of sp³-hybridized carbons (Fsp3) is 0.333. The lowest BCUT2D eigenvalue weighted by molar-refractivity contribution is -0.104. The summed E-state index contributed by atoms with van der Waals surface area (Å²) in [6.45, 7) is 1.82. The van der Waals surface area contributed by atoms with Crippen molar-refractivity contribution in [3.05, 3.63) is 34.8 Å². The third kappa shape index (κ3) is 3.93. The zero-order valence-corrected chi connectivity index (χ0v) is 11.0. The smallest absolute Gasteiger partial charge is 0.285 e. The molecule has 3 nitrogen and oxygen atoms in total. The zero-order valence-electron chi connectivity index (χ0n) is 10.1. The summed E-state index contributed by atoms with van der Waals surface area (Å²) < 4.78 is 0. The molecule has 1 rings (SSSR count). The second-order valence-electron chi connectivity index (χ2n) is 4.23. The van der Waals surface area contributed by atoms with Gasteiger partial charge in [-0.05, 0) is 17.1 Å². The molecule has 1 amide bonds. The number of carbonyl (C=O) groups excluding carboxylic acids is 2. The molecule has 0 bridgehead atoms. The zero-order chi connectivity index (χ0) is 13.1. The van der Waals surface area contributed by atoms with Gasteiger partial charge in [-0.15, -0.1) is 0 Å². The molecule has 0 saturated carbocycles. The first-order valence-corrected chi connectivity index (χ1v) is 5.93. The van der Waals surface area contributed by atoms with Crippen LogP contribution in [0.15, 0.2) is 34.8 Å². The molecule has 0 aromatic carbocycles. The van der Waals surface area contributed by atoms with Crippen molar-refractivity contribution in [2.24, 2.45) is 0 Å². The lowest BCUT2D eigenvalue weighted by Gasteiger charge is -2.13. The van der Waals surface area contributed by atoms with Crippen molar-refractivity contribution in [3.63, 3.8) is 0 Å². The van der Waals surface area contributed by atoms with Crippen molar-refractivity contribution in [3.8, 4) is 0 Å². The van der Waals surface area contributed by atoms with Gasteiger partial charge in [0.2, 0.25) is 0 Å². The van der Waals surface area contributed by atoms with Crippen molar-refractivity contribution in [2.45, 2.75) is 12.2 Å². The highest BCUT2D eigenvalue weighted by molar-refractivity contribution is 8.17. The normalized spacial score (nSPS) is 23.5. The molecular weight excluding hydrogens is 233 g/mol. The van der Waals surface area contributed by atoms with Crippen LogP contribution in [-0.2, 0) is 4.79 Å².